The van der Waals surface area contributed by atoms with E-state index in [4.69, 9.17) is 5.73 Å². The van der Waals surface area contributed by atoms with Crippen LogP contribution < -0.4 is 11.1 Å². The number of benzene rings is 1. The molecule has 6 heteroatoms. The first-order chi connectivity index (χ1) is 10.6. The molecule has 0 saturated heterocycles. The minimum absolute atomic E-state index is 0.0102. The molecular weight excluding hydrogens is 278 g/mol. The molecule has 1 amide bonds. The minimum atomic E-state index is -0.487. The van der Waals surface area contributed by atoms with Crippen LogP contribution in [0.2, 0.25) is 0 Å². The van der Waals surface area contributed by atoms with Gasteiger partial charge in [-0.05, 0) is 30.5 Å². The first kappa shape index (κ1) is 16.2. The zero-order valence-electron chi connectivity index (χ0n) is 13.1. The van der Waals surface area contributed by atoms with Crippen molar-refractivity contribution >= 4 is 11.6 Å². The van der Waals surface area contributed by atoms with Crippen LogP contribution in [-0.4, -0.2) is 27.2 Å². The summed E-state index contributed by atoms with van der Waals surface area (Å²) in [5.74, 6) is -0.0102. The Morgan fingerprint density at radius 1 is 1.27 bits per heavy atom. The van der Waals surface area contributed by atoms with E-state index in [9.17, 15) is 4.79 Å². The molecule has 0 atom stereocenters. The van der Waals surface area contributed by atoms with E-state index in [1.165, 1.54) is 6.33 Å². The molecule has 0 aliphatic carbocycles. The maximum absolute atomic E-state index is 12.5. The topological polar surface area (TPSA) is 85.8 Å². The van der Waals surface area contributed by atoms with Crippen LogP contribution >= 0.6 is 0 Å². The largest absolute Gasteiger partial charge is 0.329 e. The number of amides is 1. The van der Waals surface area contributed by atoms with Crippen LogP contribution in [0.25, 0.3) is 0 Å². The fraction of sp³-hybridized carbons (Fsp3) is 0.438. The summed E-state index contributed by atoms with van der Waals surface area (Å²) in [5, 5.41) is 7.04. The quantitative estimate of drug-likeness (QED) is 0.819. The number of rotatable bonds is 7. The Balaban J connectivity index is 2.03. The second-order valence-electron chi connectivity index (χ2n) is 5.44. The number of nitrogens with one attached hydrogen (secondary N) is 1. The lowest BCUT2D eigenvalue weighted by molar-refractivity contribution is -0.125. The Kier molecular flexibility index (Phi) is 5.27. The van der Waals surface area contributed by atoms with Crippen molar-refractivity contribution in [2.75, 3.05) is 11.9 Å². The maximum atomic E-state index is 12.5. The molecule has 0 saturated carbocycles. The highest BCUT2D eigenvalue weighted by atomic mass is 16.2. The summed E-state index contributed by atoms with van der Waals surface area (Å²) in [7, 11) is 0. The zero-order valence-corrected chi connectivity index (χ0v) is 13.1. The van der Waals surface area contributed by atoms with Gasteiger partial charge in [0.15, 0.2) is 0 Å². The molecule has 0 spiro atoms. The molecule has 3 N–H and O–H groups in total. The Morgan fingerprint density at radius 2 is 1.95 bits per heavy atom. The van der Waals surface area contributed by atoms with Crippen molar-refractivity contribution in [2.24, 2.45) is 11.1 Å². The van der Waals surface area contributed by atoms with Crippen molar-refractivity contribution < 1.29 is 4.79 Å². The summed E-state index contributed by atoms with van der Waals surface area (Å²) in [5.41, 5.74) is 7.20. The molecule has 0 unspecified atom stereocenters. The third-order valence-electron chi connectivity index (χ3n) is 4.25. The van der Waals surface area contributed by atoms with Gasteiger partial charge in [-0.2, -0.15) is 5.10 Å². The lowest BCUT2D eigenvalue weighted by atomic mass is 9.81. The van der Waals surface area contributed by atoms with Gasteiger partial charge in [-0.25, -0.2) is 9.67 Å². The molecule has 2 rings (SSSR count). The summed E-state index contributed by atoms with van der Waals surface area (Å²) in [4.78, 5) is 16.4. The molecule has 0 aliphatic heterocycles. The molecule has 1 aromatic heterocycles. The molecule has 22 heavy (non-hydrogen) atoms. The normalized spacial score (nSPS) is 11.4. The number of carbonyl (C=O) groups excluding carboxylic acids is 1. The highest BCUT2D eigenvalue weighted by Gasteiger charge is 2.33. The summed E-state index contributed by atoms with van der Waals surface area (Å²) >= 11 is 0. The minimum Gasteiger partial charge on any atom is -0.329 e. The summed E-state index contributed by atoms with van der Waals surface area (Å²) < 4.78 is 1.75. The number of hydrogen-bond donors (Lipinski definition) is 2. The van der Waals surface area contributed by atoms with Gasteiger partial charge in [-0.1, -0.05) is 26.0 Å². The second-order valence-corrected chi connectivity index (χ2v) is 5.44. The van der Waals surface area contributed by atoms with Gasteiger partial charge in [0.2, 0.25) is 5.91 Å². The van der Waals surface area contributed by atoms with Crippen molar-refractivity contribution in [2.45, 2.75) is 33.2 Å². The van der Waals surface area contributed by atoms with Crippen LogP contribution in [0.15, 0.2) is 36.9 Å². The highest BCUT2D eigenvalue weighted by Crippen LogP contribution is 2.27. The number of nitrogens with two attached hydrogens (primary N) is 1. The monoisotopic (exact) mass is 301 g/mol. The van der Waals surface area contributed by atoms with Gasteiger partial charge in [0, 0.05) is 12.2 Å². The standard InChI is InChI=1S/C16H23N5O/c1-3-16(4-2,10-17)15(22)20-14-7-5-13(6-8-14)9-21-12-18-11-19-21/h5-8,11-12H,3-4,9-10,17H2,1-2H3,(H,20,22). The van der Waals surface area contributed by atoms with Crippen molar-refractivity contribution in [3.8, 4) is 0 Å². The highest BCUT2D eigenvalue weighted by molar-refractivity contribution is 5.95. The Morgan fingerprint density at radius 3 is 2.45 bits per heavy atom. The van der Waals surface area contributed by atoms with Crippen molar-refractivity contribution in [3.63, 3.8) is 0 Å². The summed E-state index contributed by atoms with van der Waals surface area (Å²) in [6.45, 7) is 5.01. The maximum Gasteiger partial charge on any atom is 0.231 e. The van der Waals surface area contributed by atoms with Gasteiger partial charge in [0.25, 0.3) is 0 Å². The Hall–Kier alpha value is -2.21. The van der Waals surface area contributed by atoms with Gasteiger partial charge < -0.3 is 11.1 Å². The third-order valence-corrected chi connectivity index (χ3v) is 4.25. The smallest absolute Gasteiger partial charge is 0.231 e. The van der Waals surface area contributed by atoms with Gasteiger partial charge in [0.1, 0.15) is 12.7 Å². The first-order valence-corrected chi connectivity index (χ1v) is 7.56. The molecule has 0 fully saturated rings. The van der Waals surface area contributed by atoms with Gasteiger partial charge in [-0.3, -0.25) is 4.79 Å². The number of hydrogen-bond acceptors (Lipinski definition) is 4. The van der Waals surface area contributed by atoms with E-state index in [2.05, 4.69) is 15.4 Å². The van der Waals surface area contributed by atoms with Crippen LogP contribution in [0.1, 0.15) is 32.3 Å². The van der Waals surface area contributed by atoms with E-state index >= 15 is 0 Å². The van der Waals surface area contributed by atoms with Gasteiger partial charge in [-0.15, -0.1) is 0 Å². The number of anilines is 1. The average molecular weight is 301 g/mol. The Labute approximate surface area is 130 Å². The van der Waals surface area contributed by atoms with Crippen LogP contribution in [0.4, 0.5) is 5.69 Å². The van der Waals surface area contributed by atoms with Crippen molar-refractivity contribution in [1.29, 1.82) is 0 Å². The molecule has 0 bridgehead atoms. The van der Waals surface area contributed by atoms with E-state index < -0.39 is 5.41 Å². The predicted octanol–water partition coefficient (Wildman–Crippen LogP) is 2.03. The van der Waals surface area contributed by atoms with Gasteiger partial charge in [0.05, 0.1) is 12.0 Å². The van der Waals surface area contributed by atoms with E-state index in [0.717, 1.165) is 24.1 Å². The third kappa shape index (κ3) is 3.51. The van der Waals surface area contributed by atoms with Crippen LogP contribution in [0.5, 0.6) is 0 Å². The molecular formula is C16H23N5O. The molecule has 0 aliphatic rings. The van der Waals surface area contributed by atoms with E-state index in [0.29, 0.717) is 13.1 Å². The number of nitrogens with zero attached hydrogens (tertiary/aromatic N) is 3. The second kappa shape index (κ2) is 7.17. The number of aromatic nitrogens is 3. The van der Waals surface area contributed by atoms with E-state index in [1.54, 1.807) is 11.0 Å². The fourth-order valence-electron chi connectivity index (χ4n) is 2.41. The van der Waals surface area contributed by atoms with Gasteiger partial charge >= 0.3 is 0 Å². The van der Waals surface area contributed by atoms with E-state index in [1.807, 2.05) is 38.1 Å². The van der Waals surface area contributed by atoms with Crippen molar-refractivity contribution in [3.05, 3.63) is 42.5 Å². The lowest BCUT2D eigenvalue weighted by Gasteiger charge is -2.28. The average Bonchev–Trinajstić information content (AvgIpc) is 3.04. The molecule has 118 valence electrons. The summed E-state index contributed by atoms with van der Waals surface area (Å²) in [6, 6.07) is 7.74. The van der Waals surface area contributed by atoms with Crippen LogP contribution in [0.3, 0.4) is 0 Å². The Bertz CT molecular complexity index is 579. The molecule has 1 heterocycles. The van der Waals surface area contributed by atoms with Crippen molar-refractivity contribution in [1.82, 2.24) is 14.8 Å². The van der Waals surface area contributed by atoms with Crippen LogP contribution in [0, 0.1) is 5.41 Å². The fourth-order valence-corrected chi connectivity index (χ4v) is 2.41. The van der Waals surface area contributed by atoms with E-state index in [-0.39, 0.29) is 5.91 Å². The first-order valence-electron chi connectivity index (χ1n) is 7.56. The number of carbonyl (C=O) groups is 1. The zero-order chi connectivity index (χ0) is 16.0. The molecule has 1 aromatic carbocycles. The molecule has 0 radical (unpaired) electrons. The summed E-state index contributed by atoms with van der Waals surface area (Å²) in [6.07, 6.45) is 4.65. The molecule has 2 aromatic rings. The molecule has 6 nitrogen and oxygen atoms in total. The lowest BCUT2D eigenvalue weighted by Crippen LogP contribution is -2.41. The van der Waals surface area contributed by atoms with Crippen LogP contribution in [-0.2, 0) is 11.3 Å². The SMILES string of the molecule is CCC(CC)(CN)C(=O)Nc1ccc(Cn2cncn2)cc1. The predicted molar refractivity (Wildman–Crippen MR) is 86.3 cm³/mol.